The molecule has 3 nitrogen and oxygen atoms in total. The van der Waals surface area contributed by atoms with Crippen molar-refractivity contribution in [3.05, 3.63) is 55.5 Å². The molecule has 2 rings (SSSR count). The average Bonchev–Trinajstić information content (AvgIpc) is 2.63. The molecule has 0 atom stereocenters. The van der Waals surface area contributed by atoms with Crippen LogP contribution in [0.15, 0.2) is 33.2 Å². The van der Waals surface area contributed by atoms with Crippen molar-refractivity contribution in [1.82, 2.24) is 0 Å². The Morgan fingerprint density at radius 1 is 0.969 bits per heavy atom. The van der Waals surface area contributed by atoms with Gasteiger partial charge in [-0.2, -0.15) is 11.8 Å². The Kier molecular flexibility index (Phi) is 9.34. The molecule has 0 radical (unpaired) electrons. The lowest BCUT2D eigenvalue weighted by atomic mass is 9.78. The first-order valence-corrected chi connectivity index (χ1v) is 13.6. The van der Waals surface area contributed by atoms with E-state index in [0.717, 1.165) is 49.9 Å². The highest BCUT2D eigenvalue weighted by Gasteiger charge is 2.26. The zero-order valence-corrected chi connectivity index (χ0v) is 24.1. The third-order valence-corrected chi connectivity index (χ3v) is 7.52. The monoisotopic (exact) mass is 583 g/mol. The molecular weight excluding hydrogens is 550 g/mol. The summed E-state index contributed by atoms with van der Waals surface area (Å²) in [7, 11) is 0. The fourth-order valence-electron chi connectivity index (χ4n) is 3.52. The topological polar surface area (TPSA) is 49.3 Å². The summed E-state index contributed by atoms with van der Waals surface area (Å²) >= 11 is 8.69. The van der Waals surface area contributed by atoms with Crippen LogP contribution in [-0.2, 0) is 22.0 Å². The summed E-state index contributed by atoms with van der Waals surface area (Å²) in [5.74, 6) is 1.74. The van der Waals surface area contributed by atoms with E-state index in [1.54, 1.807) is 11.8 Å². The van der Waals surface area contributed by atoms with Crippen LogP contribution >= 0.6 is 43.6 Å². The number of nitrogens with one attached hydrogen (secondary N) is 1. The van der Waals surface area contributed by atoms with Crippen LogP contribution in [-0.4, -0.2) is 22.5 Å². The lowest BCUT2D eigenvalue weighted by Crippen LogP contribution is -2.18. The molecule has 2 N–H and O–H groups in total. The van der Waals surface area contributed by atoms with Gasteiger partial charge in [0.1, 0.15) is 5.75 Å². The molecule has 0 saturated carbocycles. The number of carbonyl (C=O) groups excluding carboxylic acids is 1. The van der Waals surface area contributed by atoms with Gasteiger partial charge in [-0.05, 0) is 103 Å². The van der Waals surface area contributed by atoms with E-state index in [1.807, 2.05) is 19.1 Å². The lowest BCUT2D eigenvalue weighted by Gasteiger charge is -2.28. The average molecular weight is 585 g/mol. The van der Waals surface area contributed by atoms with Gasteiger partial charge in [-0.15, -0.1) is 0 Å². The van der Waals surface area contributed by atoms with E-state index in [-0.39, 0.29) is 16.7 Å². The van der Waals surface area contributed by atoms with Crippen molar-refractivity contribution in [2.24, 2.45) is 0 Å². The van der Waals surface area contributed by atoms with Crippen molar-refractivity contribution in [1.29, 1.82) is 0 Å². The molecular formula is C26H35Br2NO2S. The van der Waals surface area contributed by atoms with E-state index >= 15 is 0 Å². The van der Waals surface area contributed by atoms with Gasteiger partial charge in [0.25, 0.3) is 0 Å². The molecule has 176 valence electrons. The number of hydrogen-bond acceptors (Lipinski definition) is 3. The maximum Gasteiger partial charge on any atom is 0.234 e. The number of halogens is 2. The van der Waals surface area contributed by atoms with Crippen molar-refractivity contribution in [3.63, 3.8) is 0 Å². The minimum Gasteiger partial charge on any atom is -0.507 e. The number of thioether (sulfide) groups is 1. The third kappa shape index (κ3) is 7.53. The predicted molar refractivity (Wildman–Crippen MR) is 146 cm³/mol. The first kappa shape index (κ1) is 27.3. The second kappa shape index (κ2) is 11.0. The molecule has 2 aromatic rings. The normalized spacial score (nSPS) is 12.2. The molecule has 0 saturated heterocycles. The van der Waals surface area contributed by atoms with Crippen LogP contribution in [0, 0.1) is 6.92 Å². The van der Waals surface area contributed by atoms with Crippen molar-refractivity contribution in [2.45, 2.75) is 72.1 Å². The molecule has 0 fully saturated rings. The quantitative estimate of drug-likeness (QED) is 0.323. The Bertz CT molecular complexity index is 917. The molecule has 1 amide bonds. The molecule has 0 spiro atoms. The van der Waals surface area contributed by atoms with E-state index in [1.165, 1.54) is 5.56 Å². The number of benzene rings is 2. The van der Waals surface area contributed by atoms with Gasteiger partial charge < -0.3 is 10.4 Å². The van der Waals surface area contributed by atoms with Crippen LogP contribution in [0.3, 0.4) is 0 Å². The summed E-state index contributed by atoms with van der Waals surface area (Å²) in [6, 6.07) is 8.27. The Morgan fingerprint density at radius 2 is 1.47 bits per heavy atom. The van der Waals surface area contributed by atoms with Gasteiger partial charge in [-0.3, -0.25) is 4.79 Å². The Labute approximate surface area is 214 Å². The number of hydrogen-bond donors (Lipinski definition) is 2. The van der Waals surface area contributed by atoms with Gasteiger partial charge in [-0.25, -0.2) is 0 Å². The fraction of sp³-hybridized carbons (Fsp3) is 0.500. The number of phenols is 1. The van der Waals surface area contributed by atoms with Crippen LogP contribution in [0.4, 0.5) is 5.69 Å². The second-order valence-corrected chi connectivity index (χ2v) is 13.2. The largest absolute Gasteiger partial charge is 0.507 e. The molecule has 6 heteroatoms. The molecule has 0 bridgehead atoms. The number of amides is 1. The van der Waals surface area contributed by atoms with Crippen molar-refractivity contribution in [3.8, 4) is 5.75 Å². The number of rotatable bonds is 7. The van der Waals surface area contributed by atoms with Crippen LogP contribution < -0.4 is 5.32 Å². The Hall–Kier alpha value is -0.980. The predicted octanol–water partition coefficient (Wildman–Crippen LogP) is 8.13. The number of anilines is 1. The van der Waals surface area contributed by atoms with E-state index in [0.29, 0.717) is 11.5 Å². The van der Waals surface area contributed by atoms with Gasteiger partial charge in [0.2, 0.25) is 5.91 Å². The molecule has 32 heavy (non-hydrogen) atoms. The lowest BCUT2D eigenvalue weighted by molar-refractivity contribution is -0.113. The van der Waals surface area contributed by atoms with Crippen molar-refractivity contribution >= 4 is 55.2 Å². The maximum absolute atomic E-state index is 12.4. The highest BCUT2D eigenvalue weighted by atomic mass is 79.9. The van der Waals surface area contributed by atoms with Crippen molar-refractivity contribution in [2.75, 3.05) is 16.8 Å². The first-order valence-electron chi connectivity index (χ1n) is 10.9. The van der Waals surface area contributed by atoms with Gasteiger partial charge in [0, 0.05) is 8.95 Å². The number of phenolic OH excluding ortho intramolecular Hbond substituents is 1. The fourth-order valence-corrected chi connectivity index (χ4v) is 5.88. The van der Waals surface area contributed by atoms with E-state index < -0.39 is 0 Å². The summed E-state index contributed by atoms with van der Waals surface area (Å²) < 4.78 is 1.75. The van der Waals surface area contributed by atoms with Gasteiger partial charge >= 0.3 is 0 Å². The van der Waals surface area contributed by atoms with Gasteiger partial charge in [0.05, 0.1) is 11.4 Å². The molecule has 0 heterocycles. The molecule has 0 aliphatic rings. The highest BCUT2D eigenvalue weighted by Crippen LogP contribution is 2.40. The standard InChI is InChI=1S/C26H35Br2NO2S/c1-16-11-20(27)23(21(28)12-16)29-22(30)15-32-10-8-9-17-13-18(25(2,3)4)24(31)19(14-17)26(5,6)7/h11-14,31H,8-10,15H2,1-7H3,(H,29,30). The minimum atomic E-state index is -0.120. The summed E-state index contributed by atoms with van der Waals surface area (Å²) in [5, 5.41) is 13.9. The first-order chi connectivity index (χ1) is 14.7. The van der Waals surface area contributed by atoms with Crippen LogP contribution in [0.25, 0.3) is 0 Å². The van der Waals surface area contributed by atoms with E-state index in [4.69, 9.17) is 0 Å². The molecule has 0 unspecified atom stereocenters. The zero-order valence-electron chi connectivity index (χ0n) is 20.2. The summed E-state index contributed by atoms with van der Waals surface area (Å²) in [4.78, 5) is 12.4. The second-order valence-electron chi connectivity index (χ2n) is 10.3. The summed E-state index contributed by atoms with van der Waals surface area (Å²) in [6.45, 7) is 14.8. The maximum atomic E-state index is 12.4. The number of aryl methyl sites for hydroxylation is 2. The third-order valence-electron chi connectivity index (χ3n) is 5.22. The van der Waals surface area contributed by atoms with E-state index in [2.05, 4.69) is 90.9 Å². The minimum absolute atomic E-state index is 0.00470. The van der Waals surface area contributed by atoms with Gasteiger partial charge in [-0.1, -0.05) is 53.7 Å². The van der Waals surface area contributed by atoms with Crippen molar-refractivity contribution < 1.29 is 9.90 Å². The smallest absolute Gasteiger partial charge is 0.234 e. The highest BCUT2D eigenvalue weighted by molar-refractivity contribution is 9.11. The Balaban J connectivity index is 1.95. The molecule has 0 aliphatic carbocycles. The molecule has 0 aliphatic heterocycles. The Morgan fingerprint density at radius 3 is 1.94 bits per heavy atom. The molecule has 2 aromatic carbocycles. The van der Waals surface area contributed by atoms with Crippen LogP contribution in [0.5, 0.6) is 5.75 Å². The number of aromatic hydroxyl groups is 1. The van der Waals surface area contributed by atoms with Crippen LogP contribution in [0.2, 0.25) is 0 Å². The van der Waals surface area contributed by atoms with Crippen LogP contribution in [0.1, 0.15) is 70.2 Å². The molecule has 0 aromatic heterocycles. The summed E-state index contributed by atoms with van der Waals surface area (Å²) in [5.41, 5.74) is 4.90. The summed E-state index contributed by atoms with van der Waals surface area (Å²) in [6.07, 6.45) is 1.91. The van der Waals surface area contributed by atoms with E-state index in [9.17, 15) is 9.90 Å². The number of carbonyl (C=O) groups is 1. The zero-order chi connectivity index (χ0) is 24.3. The van der Waals surface area contributed by atoms with Gasteiger partial charge in [0.15, 0.2) is 0 Å². The SMILES string of the molecule is Cc1cc(Br)c(NC(=O)CSCCCc2cc(C(C)(C)C)c(O)c(C(C)(C)C)c2)c(Br)c1.